The van der Waals surface area contributed by atoms with Gasteiger partial charge in [-0.25, -0.2) is 0 Å². The van der Waals surface area contributed by atoms with Crippen LogP contribution in [-0.2, 0) is 17.9 Å². The summed E-state index contributed by atoms with van der Waals surface area (Å²) in [7, 11) is 4.13. The fraction of sp³-hybridized carbons (Fsp3) is 0.458. The number of hydrogen-bond donors (Lipinski definition) is 0. The van der Waals surface area contributed by atoms with Gasteiger partial charge in [0, 0.05) is 38.0 Å². The van der Waals surface area contributed by atoms with Crippen molar-refractivity contribution in [3.8, 4) is 0 Å². The normalized spacial score (nSPS) is 20.4. The van der Waals surface area contributed by atoms with Crippen molar-refractivity contribution in [3.63, 3.8) is 0 Å². The number of ketones is 1. The van der Waals surface area contributed by atoms with Gasteiger partial charge in [-0.2, -0.15) is 0 Å². The predicted octanol–water partition coefficient (Wildman–Crippen LogP) is 4.24. The van der Waals surface area contributed by atoms with E-state index >= 15 is 0 Å². The van der Waals surface area contributed by atoms with Crippen LogP contribution in [0.15, 0.2) is 60.7 Å². The molecule has 144 valence electrons. The van der Waals surface area contributed by atoms with Crippen LogP contribution in [0, 0.1) is 11.8 Å². The van der Waals surface area contributed by atoms with Crippen LogP contribution in [0.5, 0.6) is 0 Å². The molecule has 3 heteroatoms. The van der Waals surface area contributed by atoms with Crippen LogP contribution in [0.1, 0.15) is 30.4 Å². The molecule has 0 amide bonds. The molecule has 2 aromatic rings. The fourth-order valence-electron chi connectivity index (χ4n) is 4.21. The SMILES string of the molecule is CN(C)CC1CCCC(CN(Cc2ccccc2)Cc2ccccc2)C1=O. The van der Waals surface area contributed by atoms with Crippen molar-refractivity contribution in [3.05, 3.63) is 71.8 Å². The molecule has 2 aromatic carbocycles. The molecule has 2 unspecified atom stereocenters. The smallest absolute Gasteiger partial charge is 0.141 e. The van der Waals surface area contributed by atoms with Crippen molar-refractivity contribution in [2.24, 2.45) is 11.8 Å². The Morgan fingerprint density at radius 3 is 1.74 bits per heavy atom. The van der Waals surface area contributed by atoms with E-state index in [2.05, 4.69) is 84.6 Å². The van der Waals surface area contributed by atoms with Crippen molar-refractivity contribution in [2.75, 3.05) is 27.2 Å². The van der Waals surface area contributed by atoms with Crippen molar-refractivity contribution in [1.82, 2.24) is 9.80 Å². The molecule has 3 nitrogen and oxygen atoms in total. The Balaban J connectivity index is 1.70. The first-order valence-corrected chi connectivity index (χ1v) is 10.1. The third kappa shape index (κ3) is 6.02. The van der Waals surface area contributed by atoms with Gasteiger partial charge in [0.15, 0.2) is 0 Å². The zero-order valence-electron chi connectivity index (χ0n) is 16.7. The highest BCUT2D eigenvalue weighted by Crippen LogP contribution is 2.28. The quantitative estimate of drug-likeness (QED) is 0.700. The van der Waals surface area contributed by atoms with Gasteiger partial charge in [-0.05, 0) is 38.1 Å². The Labute approximate surface area is 164 Å². The molecule has 1 aliphatic carbocycles. The summed E-state index contributed by atoms with van der Waals surface area (Å²) >= 11 is 0. The summed E-state index contributed by atoms with van der Waals surface area (Å²) in [6.45, 7) is 3.51. The number of hydrogen-bond acceptors (Lipinski definition) is 3. The number of carbonyl (C=O) groups excluding carboxylic acids is 1. The molecule has 0 bridgehead atoms. The molecule has 2 atom stereocenters. The summed E-state index contributed by atoms with van der Waals surface area (Å²) in [4.78, 5) is 17.6. The highest BCUT2D eigenvalue weighted by Gasteiger charge is 2.32. The van der Waals surface area contributed by atoms with E-state index < -0.39 is 0 Å². The lowest BCUT2D eigenvalue weighted by molar-refractivity contribution is -0.130. The molecule has 0 saturated heterocycles. The zero-order chi connectivity index (χ0) is 19.1. The third-order valence-electron chi connectivity index (χ3n) is 5.47. The standard InChI is InChI=1S/C24H32N2O/c1-25(2)18-22-14-9-15-23(24(22)27)19-26(16-20-10-5-3-6-11-20)17-21-12-7-4-8-13-21/h3-8,10-13,22-23H,9,14-19H2,1-2H3. The van der Waals surface area contributed by atoms with Crippen molar-refractivity contribution >= 4 is 5.78 Å². The van der Waals surface area contributed by atoms with Gasteiger partial charge in [0.1, 0.15) is 5.78 Å². The van der Waals surface area contributed by atoms with Gasteiger partial charge in [0.05, 0.1) is 0 Å². The van der Waals surface area contributed by atoms with Crippen molar-refractivity contribution in [1.29, 1.82) is 0 Å². The van der Waals surface area contributed by atoms with Crippen LogP contribution < -0.4 is 0 Å². The van der Waals surface area contributed by atoms with Crippen LogP contribution in [-0.4, -0.2) is 42.8 Å². The third-order valence-corrected chi connectivity index (χ3v) is 5.47. The highest BCUT2D eigenvalue weighted by atomic mass is 16.1. The lowest BCUT2D eigenvalue weighted by Gasteiger charge is -2.33. The van der Waals surface area contributed by atoms with Gasteiger partial charge in [0.25, 0.3) is 0 Å². The zero-order valence-corrected chi connectivity index (χ0v) is 16.7. The minimum absolute atomic E-state index is 0.163. The summed E-state index contributed by atoms with van der Waals surface area (Å²) in [5, 5.41) is 0. The topological polar surface area (TPSA) is 23.6 Å². The van der Waals surface area contributed by atoms with Crippen LogP contribution >= 0.6 is 0 Å². The molecule has 27 heavy (non-hydrogen) atoms. The van der Waals surface area contributed by atoms with E-state index in [1.165, 1.54) is 17.5 Å². The van der Waals surface area contributed by atoms with E-state index in [4.69, 9.17) is 0 Å². The van der Waals surface area contributed by atoms with Crippen molar-refractivity contribution < 1.29 is 4.79 Å². The second-order valence-electron chi connectivity index (χ2n) is 8.13. The van der Waals surface area contributed by atoms with Gasteiger partial charge in [0.2, 0.25) is 0 Å². The molecule has 0 radical (unpaired) electrons. The molecular weight excluding hydrogens is 332 g/mol. The average Bonchev–Trinajstić information content (AvgIpc) is 2.66. The number of nitrogens with zero attached hydrogens (tertiary/aromatic N) is 2. The maximum absolute atomic E-state index is 13.0. The van der Waals surface area contributed by atoms with Gasteiger partial charge in [-0.3, -0.25) is 9.69 Å². The number of carbonyl (C=O) groups is 1. The second kappa shape index (κ2) is 9.82. The van der Waals surface area contributed by atoms with E-state index in [1.807, 2.05) is 0 Å². The predicted molar refractivity (Wildman–Crippen MR) is 111 cm³/mol. The first-order chi connectivity index (χ1) is 13.1. The number of rotatable bonds is 8. The van der Waals surface area contributed by atoms with Crippen LogP contribution in [0.3, 0.4) is 0 Å². The number of Topliss-reactive ketones (excluding diaryl/α,β-unsaturated/α-hetero) is 1. The van der Waals surface area contributed by atoms with E-state index in [0.717, 1.165) is 39.0 Å². The van der Waals surface area contributed by atoms with E-state index in [0.29, 0.717) is 5.78 Å². The van der Waals surface area contributed by atoms with Crippen LogP contribution in [0.4, 0.5) is 0 Å². The van der Waals surface area contributed by atoms with Gasteiger partial charge in [-0.1, -0.05) is 67.1 Å². The van der Waals surface area contributed by atoms with E-state index in [9.17, 15) is 4.79 Å². The molecule has 1 saturated carbocycles. The fourth-order valence-corrected chi connectivity index (χ4v) is 4.21. The molecule has 0 N–H and O–H groups in total. The Morgan fingerprint density at radius 2 is 1.26 bits per heavy atom. The number of benzene rings is 2. The maximum Gasteiger partial charge on any atom is 0.141 e. The van der Waals surface area contributed by atoms with Gasteiger partial charge < -0.3 is 4.90 Å². The molecule has 1 aliphatic rings. The Hall–Kier alpha value is -1.97. The van der Waals surface area contributed by atoms with Gasteiger partial charge >= 0.3 is 0 Å². The molecule has 0 heterocycles. The van der Waals surface area contributed by atoms with E-state index in [-0.39, 0.29) is 11.8 Å². The highest BCUT2D eigenvalue weighted by molar-refractivity contribution is 5.84. The molecule has 3 rings (SSSR count). The average molecular weight is 365 g/mol. The largest absolute Gasteiger partial charge is 0.309 e. The Morgan fingerprint density at radius 1 is 0.778 bits per heavy atom. The lowest BCUT2D eigenvalue weighted by Crippen LogP contribution is -2.40. The molecule has 0 aliphatic heterocycles. The summed E-state index contributed by atoms with van der Waals surface area (Å²) < 4.78 is 0. The van der Waals surface area contributed by atoms with Crippen LogP contribution in [0.25, 0.3) is 0 Å². The summed E-state index contributed by atoms with van der Waals surface area (Å²) in [5.74, 6) is 0.839. The first-order valence-electron chi connectivity index (χ1n) is 10.1. The second-order valence-corrected chi connectivity index (χ2v) is 8.13. The molecule has 1 fully saturated rings. The Kier molecular flexibility index (Phi) is 7.19. The summed E-state index contributed by atoms with van der Waals surface area (Å²) in [6.07, 6.45) is 3.24. The molecule has 0 spiro atoms. The van der Waals surface area contributed by atoms with Gasteiger partial charge in [-0.15, -0.1) is 0 Å². The minimum atomic E-state index is 0.163. The van der Waals surface area contributed by atoms with E-state index in [1.54, 1.807) is 0 Å². The Bertz CT molecular complexity index is 657. The van der Waals surface area contributed by atoms with Crippen molar-refractivity contribution in [2.45, 2.75) is 32.4 Å². The van der Waals surface area contributed by atoms with Crippen LogP contribution in [0.2, 0.25) is 0 Å². The maximum atomic E-state index is 13.0. The molecule has 0 aromatic heterocycles. The summed E-state index contributed by atoms with van der Waals surface area (Å²) in [6, 6.07) is 21.2. The summed E-state index contributed by atoms with van der Waals surface area (Å²) in [5.41, 5.74) is 2.61. The minimum Gasteiger partial charge on any atom is -0.309 e. The lowest BCUT2D eigenvalue weighted by atomic mass is 9.79. The molecular formula is C24H32N2O. The first kappa shape index (κ1) is 19.8. The monoisotopic (exact) mass is 364 g/mol.